The van der Waals surface area contributed by atoms with Crippen molar-refractivity contribution in [2.24, 2.45) is 11.1 Å². The summed E-state index contributed by atoms with van der Waals surface area (Å²) >= 11 is 0. The number of ether oxygens (including phenoxy) is 1. The van der Waals surface area contributed by atoms with Crippen LogP contribution in [0.3, 0.4) is 0 Å². The Hall–Kier alpha value is -0.770. The zero-order valence-electron chi connectivity index (χ0n) is 9.93. The van der Waals surface area contributed by atoms with Crippen molar-refractivity contribution in [2.75, 3.05) is 13.7 Å². The van der Waals surface area contributed by atoms with Crippen LogP contribution >= 0.6 is 12.4 Å². The van der Waals surface area contributed by atoms with E-state index in [1.54, 1.807) is 7.11 Å². The highest BCUT2D eigenvalue weighted by atomic mass is 35.5. The first-order valence-electron chi connectivity index (χ1n) is 5.01. The molecule has 0 fully saturated rings. The first kappa shape index (κ1) is 15.2. The monoisotopic (exact) mass is 245 g/mol. The lowest BCUT2D eigenvalue weighted by atomic mass is 9.82. The predicted octanol–water partition coefficient (Wildman–Crippen LogP) is 2.14. The fourth-order valence-electron chi connectivity index (χ4n) is 1.36. The van der Waals surface area contributed by atoms with Crippen molar-refractivity contribution >= 4 is 12.4 Å². The average Bonchev–Trinajstić information content (AvgIpc) is 2.28. The number of benzene rings is 1. The third kappa shape index (κ3) is 3.37. The second-order valence-corrected chi connectivity index (χ2v) is 4.40. The van der Waals surface area contributed by atoms with Gasteiger partial charge in [0.25, 0.3) is 0 Å². The summed E-state index contributed by atoms with van der Waals surface area (Å²) in [6.45, 7) is 3.96. The highest BCUT2D eigenvalue weighted by Gasteiger charge is 2.26. The van der Waals surface area contributed by atoms with Gasteiger partial charge in [-0.3, -0.25) is 0 Å². The van der Waals surface area contributed by atoms with Crippen LogP contribution in [0.5, 0.6) is 5.75 Å². The van der Waals surface area contributed by atoms with Crippen molar-refractivity contribution in [3.8, 4) is 5.75 Å². The van der Waals surface area contributed by atoms with E-state index in [9.17, 15) is 5.11 Å². The van der Waals surface area contributed by atoms with Crippen molar-refractivity contribution in [1.29, 1.82) is 0 Å². The van der Waals surface area contributed by atoms with Crippen LogP contribution in [0.15, 0.2) is 24.3 Å². The lowest BCUT2D eigenvalue weighted by Gasteiger charge is -2.29. The molecule has 1 aromatic rings. The summed E-state index contributed by atoms with van der Waals surface area (Å²) in [5.74, 6) is 0.813. The number of aliphatic hydroxyl groups is 1. The molecule has 92 valence electrons. The molecule has 0 aliphatic heterocycles. The molecule has 4 heteroatoms. The molecule has 1 rings (SSSR count). The van der Waals surface area contributed by atoms with Crippen LogP contribution < -0.4 is 10.5 Å². The summed E-state index contributed by atoms with van der Waals surface area (Å²) in [7, 11) is 1.63. The lowest BCUT2D eigenvalue weighted by molar-refractivity contribution is 0.132. The second kappa shape index (κ2) is 6.09. The molecule has 0 unspecified atom stereocenters. The molecule has 0 saturated carbocycles. The lowest BCUT2D eigenvalue weighted by Crippen LogP contribution is -2.32. The van der Waals surface area contributed by atoms with Gasteiger partial charge in [0, 0.05) is 18.1 Å². The molecule has 0 bridgehead atoms. The van der Waals surface area contributed by atoms with E-state index in [0.29, 0.717) is 0 Å². The van der Waals surface area contributed by atoms with E-state index in [1.165, 1.54) is 0 Å². The molecular formula is C12H20ClNO2. The van der Waals surface area contributed by atoms with Gasteiger partial charge in [0.2, 0.25) is 0 Å². The predicted molar refractivity (Wildman–Crippen MR) is 68.0 cm³/mol. The fourth-order valence-corrected chi connectivity index (χ4v) is 1.36. The molecule has 1 aromatic carbocycles. The Morgan fingerprint density at radius 2 is 1.81 bits per heavy atom. The highest BCUT2D eigenvalue weighted by molar-refractivity contribution is 5.85. The number of aliphatic hydroxyl groups excluding tert-OH is 1. The van der Waals surface area contributed by atoms with Crippen LogP contribution in [-0.4, -0.2) is 18.8 Å². The fraction of sp³-hybridized carbons (Fsp3) is 0.500. The molecule has 0 amide bonds. The standard InChI is InChI=1S/C12H19NO2.ClH/c1-12(2,8-14)11(13)9-4-6-10(15-3)7-5-9;/h4-7,11,14H,8,13H2,1-3H3;1H/t11-;/m0./s1. The van der Waals surface area contributed by atoms with Gasteiger partial charge in [0.05, 0.1) is 7.11 Å². The van der Waals surface area contributed by atoms with Gasteiger partial charge in [-0.1, -0.05) is 26.0 Å². The van der Waals surface area contributed by atoms with Crippen molar-refractivity contribution in [3.05, 3.63) is 29.8 Å². The van der Waals surface area contributed by atoms with Gasteiger partial charge < -0.3 is 15.6 Å². The first-order valence-corrected chi connectivity index (χ1v) is 5.01. The molecule has 0 radical (unpaired) electrons. The van der Waals surface area contributed by atoms with E-state index in [4.69, 9.17) is 10.5 Å². The van der Waals surface area contributed by atoms with Gasteiger partial charge in [0.1, 0.15) is 5.75 Å². The van der Waals surface area contributed by atoms with E-state index < -0.39 is 0 Å². The third-order valence-corrected chi connectivity index (χ3v) is 2.72. The van der Waals surface area contributed by atoms with Gasteiger partial charge in [-0.15, -0.1) is 12.4 Å². The minimum atomic E-state index is -0.311. The van der Waals surface area contributed by atoms with Crippen LogP contribution in [0.2, 0.25) is 0 Å². The Morgan fingerprint density at radius 1 is 1.31 bits per heavy atom. The van der Waals surface area contributed by atoms with E-state index in [0.717, 1.165) is 11.3 Å². The Labute approximate surface area is 103 Å². The molecule has 0 heterocycles. The van der Waals surface area contributed by atoms with Gasteiger partial charge in [-0.2, -0.15) is 0 Å². The first-order chi connectivity index (χ1) is 7.01. The van der Waals surface area contributed by atoms with Gasteiger partial charge >= 0.3 is 0 Å². The smallest absolute Gasteiger partial charge is 0.118 e. The Morgan fingerprint density at radius 3 is 2.19 bits per heavy atom. The zero-order valence-corrected chi connectivity index (χ0v) is 10.8. The van der Waals surface area contributed by atoms with Crippen molar-refractivity contribution in [1.82, 2.24) is 0 Å². The molecule has 3 N–H and O–H groups in total. The molecule has 0 aliphatic rings. The Balaban J connectivity index is 0.00000225. The molecule has 0 spiro atoms. The van der Waals surface area contributed by atoms with E-state index >= 15 is 0 Å². The van der Waals surface area contributed by atoms with Crippen molar-refractivity contribution in [3.63, 3.8) is 0 Å². The summed E-state index contributed by atoms with van der Waals surface area (Å²) in [5.41, 5.74) is 6.77. The highest BCUT2D eigenvalue weighted by Crippen LogP contribution is 2.31. The van der Waals surface area contributed by atoms with Crippen LogP contribution in [0.1, 0.15) is 25.5 Å². The summed E-state index contributed by atoms with van der Waals surface area (Å²) < 4.78 is 5.07. The molecule has 3 nitrogen and oxygen atoms in total. The number of hydrogen-bond acceptors (Lipinski definition) is 3. The normalized spacial score (nSPS) is 12.8. The van der Waals surface area contributed by atoms with Crippen LogP contribution in [0, 0.1) is 5.41 Å². The van der Waals surface area contributed by atoms with Gasteiger partial charge in [0.15, 0.2) is 0 Å². The van der Waals surface area contributed by atoms with E-state index in [2.05, 4.69) is 0 Å². The van der Waals surface area contributed by atoms with E-state index in [-0.39, 0.29) is 30.5 Å². The maximum Gasteiger partial charge on any atom is 0.118 e. The maximum atomic E-state index is 9.22. The zero-order chi connectivity index (χ0) is 11.5. The second-order valence-electron chi connectivity index (χ2n) is 4.40. The molecule has 1 atom stereocenters. The van der Waals surface area contributed by atoms with Crippen LogP contribution in [-0.2, 0) is 0 Å². The topological polar surface area (TPSA) is 55.5 Å². The van der Waals surface area contributed by atoms with Crippen LogP contribution in [0.4, 0.5) is 0 Å². The number of methoxy groups -OCH3 is 1. The summed E-state index contributed by atoms with van der Waals surface area (Å²) in [6, 6.07) is 7.45. The molecule has 0 aromatic heterocycles. The van der Waals surface area contributed by atoms with Crippen LogP contribution in [0.25, 0.3) is 0 Å². The summed E-state index contributed by atoms with van der Waals surface area (Å²) in [6.07, 6.45) is 0. The van der Waals surface area contributed by atoms with Crippen molar-refractivity contribution < 1.29 is 9.84 Å². The summed E-state index contributed by atoms with van der Waals surface area (Å²) in [4.78, 5) is 0. The summed E-state index contributed by atoms with van der Waals surface area (Å²) in [5, 5.41) is 9.22. The van der Waals surface area contributed by atoms with E-state index in [1.807, 2.05) is 38.1 Å². The number of rotatable bonds is 4. The minimum absolute atomic E-state index is 0. The molecular weight excluding hydrogens is 226 g/mol. The van der Waals surface area contributed by atoms with Gasteiger partial charge in [-0.25, -0.2) is 0 Å². The largest absolute Gasteiger partial charge is 0.497 e. The van der Waals surface area contributed by atoms with Gasteiger partial charge in [-0.05, 0) is 17.7 Å². The molecule has 0 saturated heterocycles. The third-order valence-electron chi connectivity index (χ3n) is 2.72. The maximum absolute atomic E-state index is 9.22. The SMILES string of the molecule is COc1ccc([C@H](N)C(C)(C)CO)cc1.Cl. The average molecular weight is 246 g/mol. The number of hydrogen-bond donors (Lipinski definition) is 2. The van der Waals surface area contributed by atoms with Crippen molar-refractivity contribution in [2.45, 2.75) is 19.9 Å². The molecule has 16 heavy (non-hydrogen) atoms. The number of nitrogens with two attached hydrogens (primary N) is 1. The Bertz CT molecular complexity index is 311. The Kier molecular flexibility index (Phi) is 5.79. The molecule has 0 aliphatic carbocycles. The number of halogens is 1. The quantitative estimate of drug-likeness (QED) is 0.855. The minimum Gasteiger partial charge on any atom is -0.497 e.